The highest BCUT2D eigenvalue weighted by molar-refractivity contribution is 9.10. The summed E-state index contributed by atoms with van der Waals surface area (Å²) in [7, 11) is 0. The molecule has 1 N–H and O–H groups in total. The molecule has 1 aromatic carbocycles. The van der Waals surface area contributed by atoms with Gasteiger partial charge >= 0.3 is 6.18 Å². The highest BCUT2D eigenvalue weighted by Crippen LogP contribution is 2.27. The standard InChI is InChI=1S/C13H11BrF3N3O/c14-10-4-2-1-3-9(10)12(21)18-6-8-20-7-5-11(19-20)13(15,16)17/h1-5,7H,6,8H2,(H,18,21). The molecule has 0 saturated carbocycles. The summed E-state index contributed by atoms with van der Waals surface area (Å²) < 4.78 is 38.9. The number of amides is 1. The van der Waals surface area contributed by atoms with Gasteiger partial charge in [0, 0.05) is 17.2 Å². The van der Waals surface area contributed by atoms with Crippen LogP contribution in [0.4, 0.5) is 13.2 Å². The molecule has 8 heteroatoms. The predicted octanol–water partition coefficient (Wildman–Crippen LogP) is 3.09. The first kappa shape index (κ1) is 15.6. The van der Waals surface area contributed by atoms with Crippen LogP contribution in [0.3, 0.4) is 0 Å². The molecule has 0 aliphatic carbocycles. The fourth-order valence-corrected chi connectivity index (χ4v) is 2.13. The molecule has 1 aromatic heterocycles. The zero-order valence-corrected chi connectivity index (χ0v) is 12.3. The van der Waals surface area contributed by atoms with Gasteiger partial charge in [-0.1, -0.05) is 12.1 Å². The van der Waals surface area contributed by atoms with Crippen LogP contribution in [0.1, 0.15) is 16.1 Å². The Morgan fingerprint density at radius 3 is 2.62 bits per heavy atom. The maximum Gasteiger partial charge on any atom is 0.435 e. The first-order chi connectivity index (χ1) is 9.88. The van der Waals surface area contributed by atoms with E-state index in [1.54, 1.807) is 24.3 Å². The molecule has 1 heterocycles. The smallest absolute Gasteiger partial charge is 0.350 e. The molecule has 0 unspecified atom stereocenters. The predicted molar refractivity (Wildman–Crippen MR) is 73.7 cm³/mol. The van der Waals surface area contributed by atoms with Gasteiger partial charge in [0.2, 0.25) is 0 Å². The molecule has 0 fully saturated rings. The second kappa shape index (κ2) is 6.30. The molecule has 0 saturated heterocycles. The van der Waals surface area contributed by atoms with E-state index in [0.29, 0.717) is 10.0 Å². The van der Waals surface area contributed by atoms with Crippen LogP contribution in [0.5, 0.6) is 0 Å². The number of halogens is 4. The molecule has 4 nitrogen and oxygen atoms in total. The largest absolute Gasteiger partial charge is 0.435 e. The summed E-state index contributed by atoms with van der Waals surface area (Å²) in [4.78, 5) is 11.9. The van der Waals surface area contributed by atoms with Crippen LogP contribution in [0.25, 0.3) is 0 Å². The zero-order chi connectivity index (χ0) is 15.5. The SMILES string of the molecule is O=C(NCCn1ccc(C(F)(F)F)n1)c1ccccc1Br. The van der Waals surface area contributed by atoms with Gasteiger partial charge in [0.1, 0.15) is 0 Å². The number of aromatic nitrogens is 2. The lowest BCUT2D eigenvalue weighted by molar-refractivity contribution is -0.141. The Bertz CT molecular complexity index is 640. The lowest BCUT2D eigenvalue weighted by Crippen LogP contribution is -2.27. The topological polar surface area (TPSA) is 46.9 Å². The first-order valence-electron chi connectivity index (χ1n) is 6.01. The van der Waals surface area contributed by atoms with Crippen molar-refractivity contribution in [1.82, 2.24) is 15.1 Å². The number of nitrogens with one attached hydrogen (secondary N) is 1. The minimum absolute atomic E-state index is 0.159. The molecule has 21 heavy (non-hydrogen) atoms. The number of hydrogen-bond acceptors (Lipinski definition) is 2. The molecule has 0 aliphatic rings. The van der Waals surface area contributed by atoms with Crippen molar-refractivity contribution in [2.75, 3.05) is 6.54 Å². The Morgan fingerprint density at radius 1 is 1.29 bits per heavy atom. The van der Waals surface area contributed by atoms with Crippen LogP contribution in [-0.4, -0.2) is 22.2 Å². The Balaban J connectivity index is 1.89. The summed E-state index contributed by atoms with van der Waals surface area (Å²) in [6, 6.07) is 7.79. The molecule has 2 aromatic rings. The fourth-order valence-electron chi connectivity index (χ4n) is 1.66. The van der Waals surface area contributed by atoms with Crippen molar-refractivity contribution in [2.24, 2.45) is 0 Å². The number of carbonyl (C=O) groups is 1. The summed E-state index contributed by atoms with van der Waals surface area (Å²) in [6.45, 7) is 0.339. The molecule has 0 spiro atoms. The Kier molecular flexibility index (Phi) is 4.66. The third kappa shape index (κ3) is 4.07. The summed E-state index contributed by atoms with van der Waals surface area (Å²) in [5, 5.41) is 6.03. The van der Waals surface area contributed by atoms with Gasteiger partial charge in [0.25, 0.3) is 5.91 Å². The summed E-state index contributed by atoms with van der Waals surface area (Å²) in [5.41, 5.74) is -0.478. The quantitative estimate of drug-likeness (QED) is 0.909. The van der Waals surface area contributed by atoms with Crippen LogP contribution < -0.4 is 5.32 Å². The van der Waals surface area contributed by atoms with E-state index in [-0.39, 0.29) is 19.0 Å². The van der Waals surface area contributed by atoms with Gasteiger partial charge in [-0.2, -0.15) is 18.3 Å². The second-order valence-corrected chi connectivity index (χ2v) is 5.05. The highest BCUT2D eigenvalue weighted by atomic mass is 79.9. The molecule has 0 atom stereocenters. The first-order valence-corrected chi connectivity index (χ1v) is 6.80. The number of carbonyl (C=O) groups excluding carboxylic acids is 1. The number of alkyl halides is 3. The molecule has 0 radical (unpaired) electrons. The maximum atomic E-state index is 12.4. The van der Waals surface area contributed by atoms with Crippen molar-refractivity contribution in [3.63, 3.8) is 0 Å². The van der Waals surface area contributed by atoms with Crippen LogP contribution in [-0.2, 0) is 12.7 Å². The minimum atomic E-state index is -4.45. The van der Waals surface area contributed by atoms with Crippen LogP contribution in [0.15, 0.2) is 41.0 Å². The van der Waals surface area contributed by atoms with E-state index in [1.165, 1.54) is 6.20 Å². The summed E-state index contributed by atoms with van der Waals surface area (Å²) in [6.07, 6.45) is -3.23. The minimum Gasteiger partial charge on any atom is -0.350 e. The maximum absolute atomic E-state index is 12.4. The van der Waals surface area contributed by atoms with Gasteiger partial charge in [0.05, 0.1) is 12.1 Å². The fraction of sp³-hybridized carbons (Fsp3) is 0.231. The normalized spacial score (nSPS) is 11.4. The van der Waals surface area contributed by atoms with Crippen molar-refractivity contribution in [1.29, 1.82) is 0 Å². The van der Waals surface area contributed by atoms with E-state index in [4.69, 9.17) is 0 Å². The van der Waals surface area contributed by atoms with E-state index in [0.717, 1.165) is 10.7 Å². The third-order valence-electron chi connectivity index (χ3n) is 2.68. The Morgan fingerprint density at radius 2 is 2.00 bits per heavy atom. The molecule has 2 rings (SSSR count). The average molecular weight is 362 g/mol. The summed E-state index contributed by atoms with van der Waals surface area (Å²) >= 11 is 3.26. The van der Waals surface area contributed by atoms with Crippen LogP contribution in [0, 0.1) is 0 Å². The van der Waals surface area contributed by atoms with Gasteiger partial charge in [-0.25, -0.2) is 0 Å². The lowest BCUT2D eigenvalue weighted by atomic mass is 10.2. The van der Waals surface area contributed by atoms with E-state index < -0.39 is 11.9 Å². The zero-order valence-electron chi connectivity index (χ0n) is 10.7. The van der Waals surface area contributed by atoms with Gasteiger partial charge < -0.3 is 5.32 Å². The Labute approximate surface area is 127 Å². The number of hydrogen-bond donors (Lipinski definition) is 1. The monoisotopic (exact) mass is 361 g/mol. The van der Waals surface area contributed by atoms with Gasteiger partial charge in [-0.3, -0.25) is 9.48 Å². The highest BCUT2D eigenvalue weighted by Gasteiger charge is 2.33. The van der Waals surface area contributed by atoms with E-state index in [1.807, 2.05) is 0 Å². The van der Waals surface area contributed by atoms with E-state index in [2.05, 4.69) is 26.3 Å². The average Bonchev–Trinajstić information content (AvgIpc) is 2.88. The Hall–Kier alpha value is -1.83. The summed E-state index contributed by atoms with van der Waals surface area (Å²) in [5.74, 6) is -0.300. The third-order valence-corrected chi connectivity index (χ3v) is 3.37. The van der Waals surface area contributed by atoms with Crippen LogP contribution >= 0.6 is 15.9 Å². The molecule has 0 aliphatic heterocycles. The van der Waals surface area contributed by atoms with Crippen molar-refractivity contribution < 1.29 is 18.0 Å². The van der Waals surface area contributed by atoms with Gasteiger partial charge in [-0.05, 0) is 34.1 Å². The van der Waals surface area contributed by atoms with E-state index >= 15 is 0 Å². The number of benzene rings is 1. The van der Waals surface area contributed by atoms with E-state index in [9.17, 15) is 18.0 Å². The number of nitrogens with zero attached hydrogens (tertiary/aromatic N) is 2. The van der Waals surface area contributed by atoms with Gasteiger partial charge in [0.15, 0.2) is 5.69 Å². The lowest BCUT2D eigenvalue weighted by Gasteiger charge is -2.07. The number of rotatable bonds is 4. The van der Waals surface area contributed by atoms with Crippen molar-refractivity contribution >= 4 is 21.8 Å². The molecular formula is C13H11BrF3N3O. The van der Waals surface area contributed by atoms with Crippen LogP contribution in [0.2, 0.25) is 0 Å². The van der Waals surface area contributed by atoms with Crippen molar-refractivity contribution in [2.45, 2.75) is 12.7 Å². The van der Waals surface area contributed by atoms with Crippen molar-refractivity contribution in [3.8, 4) is 0 Å². The molecular weight excluding hydrogens is 351 g/mol. The molecule has 1 amide bonds. The van der Waals surface area contributed by atoms with Gasteiger partial charge in [-0.15, -0.1) is 0 Å². The second-order valence-electron chi connectivity index (χ2n) is 4.20. The molecule has 112 valence electrons. The van der Waals surface area contributed by atoms with Crippen molar-refractivity contribution in [3.05, 3.63) is 52.3 Å². The molecule has 0 bridgehead atoms.